The monoisotopic (exact) mass is 299 g/mol. The van der Waals surface area contributed by atoms with Crippen molar-refractivity contribution in [2.45, 2.75) is 6.92 Å². The van der Waals surface area contributed by atoms with Gasteiger partial charge in [0.1, 0.15) is 5.82 Å². The Morgan fingerprint density at radius 1 is 1.09 bits per heavy atom. The zero-order chi connectivity index (χ0) is 15.8. The van der Waals surface area contributed by atoms with E-state index in [9.17, 15) is 0 Å². The number of fused-ring (bicyclic) bond motifs is 1. The minimum atomic E-state index is 0.610. The summed E-state index contributed by atoms with van der Waals surface area (Å²) in [5, 5.41) is 16.2. The van der Waals surface area contributed by atoms with Gasteiger partial charge >= 0.3 is 0 Å². The summed E-state index contributed by atoms with van der Waals surface area (Å²) in [6, 6.07) is 15.8. The van der Waals surface area contributed by atoms with Crippen molar-refractivity contribution in [3.63, 3.8) is 0 Å². The fraction of sp³-hybridized carbons (Fsp3) is 0.0556. The highest BCUT2D eigenvalue weighted by atomic mass is 15.1. The number of hydrogen-bond donors (Lipinski definition) is 2. The lowest BCUT2D eigenvalue weighted by atomic mass is 10.1. The molecule has 0 saturated heterocycles. The lowest BCUT2D eigenvalue weighted by Crippen LogP contribution is -1.84. The summed E-state index contributed by atoms with van der Waals surface area (Å²) >= 11 is 0. The van der Waals surface area contributed by atoms with Gasteiger partial charge in [-0.3, -0.25) is 5.10 Å². The number of benzene rings is 2. The molecule has 2 aromatic heterocycles. The molecule has 0 aliphatic heterocycles. The van der Waals surface area contributed by atoms with Crippen LogP contribution in [0.5, 0.6) is 0 Å². The second-order valence-corrected chi connectivity index (χ2v) is 5.45. The molecule has 0 atom stereocenters. The van der Waals surface area contributed by atoms with E-state index in [0.717, 1.165) is 33.7 Å². The molecule has 2 heterocycles. The first-order chi connectivity index (χ1) is 11.2. The van der Waals surface area contributed by atoms with Crippen LogP contribution in [-0.4, -0.2) is 20.2 Å². The van der Waals surface area contributed by atoms with Gasteiger partial charge in [-0.25, -0.2) is 4.98 Å². The molecule has 2 aromatic carbocycles. The maximum atomic E-state index is 9.00. The van der Waals surface area contributed by atoms with Crippen LogP contribution in [0.15, 0.2) is 48.7 Å². The molecule has 5 nitrogen and oxygen atoms in total. The number of aromatic amines is 2. The number of nitrogens with one attached hydrogen (secondary N) is 2. The van der Waals surface area contributed by atoms with Gasteiger partial charge in [0.2, 0.25) is 0 Å². The topological polar surface area (TPSA) is 81.2 Å². The van der Waals surface area contributed by atoms with Crippen molar-refractivity contribution >= 4 is 11.0 Å². The van der Waals surface area contributed by atoms with E-state index in [1.807, 2.05) is 6.07 Å². The molecule has 0 aliphatic carbocycles. The van der Waals surface area contributed by atoms with Crippen molar-refractivity contribution in [1.82, 2.24) is 20.2 Å². The van der Waals surface area contributed by atoms with E-state index in [4.69, 9.17) is 5.26 Å². The summed E-state index contributed by atoms with van der Waals surface area (Å²) in [5.74, 6) is 0.736. The van der Waals surface area contributed by atoms with Gasteiger partial charge in [-0.15, -0.1) is 0 Å². The van der Waals surface area contributed by atoms with Gasteiger partial charge in [0.25, 0.3) is 0 Å². The van der Waals surface area contributed by atoms with Crippen LogP contribution in [0, 0.1) is 18.3 Å². The standard InChI is InChI=1S/C18H13N5/c1-11-2-5-13(6-3-11)17-14(10-20-23-17)18-21-15-7-4-12(9-19)8-16(15)22-18/h2-8,10H,1H3,(H,20,23)(H,21,22). The fourth-order valence-corrected chi connectivity index (χ4v) is 2.61. The van der Waals surface area contributed by atoms with Crippen molar-refractivity contribution in [2.24, 2.45) is 0 Å². The zero-order valence-corrected chi connectivity index (χ0v) is 12.5. The SMILES string of the molecule is Cc1ccc(-c2[nH]ncc2-c2nc3ccc(C#N)cc3[nH]2)cc1. The first-order valence-electron chi connectivity index (χ1n) is 7.25. The Hall–Kier alpha value is -3.39. The molecule has 4 aromatic rings. The quantitative estimate of drug-likeness (QED) is 0.590. The van der Waals surface area contributed by atoms with Crippen molar-refractivity contribution in [3.8, 4) is 28.7 Å². The molecule has 0 unspecified atom stereocenters. The average Bonchev–Trinajstić information content (AvgIpc) is 3.21. The van der Waals surface area contributed by atoms with Crippen molar-refractivity contribution in [2.75, 3.05) is 0 Å². The number of nitrogens with zero attached hydrogens (tertiary/aromatic N) is 3. The van der Waals surface area contributed by atoms with Gasteiger partial charge in [0.05, 0.1) is 40.1 Å². The van der Waals surface area contributed by atoms with Gasteiger partial charge in [-0.2, -0.15) is 10.4 Å². The van der Waals surface area contributed by atoms with Crippen LogP contribution in [0.2, 0.25) is 0 Å². The highest BCUT2D eigenvalue weighted by molar-refractivity contribution is 5.84. The summed E-state index contributed by atoms with van der Waals surface area (Å²) in [7, 11) is 0. The van der Waals surface area contributed by atoms with Gasteiger partial charge in [0, 0.05) is 5.56 Å². The minimum Gasteiger partial charge on any atom is -0.338 e. The van der Waals surface area contributed by atoms with Crippen LogP contribution >= 0.6 is 0 Å². The molecule has 110 valence electrons. The van der Waals surface area contributed by atoms with Gasteiger partial charge < -0.3 is 4.98 Å². The lowest BCUT2D eigenvalue weighted by molar-refractivity contribution is 1.09. The number of nitriles is 1. The number of H-pyrrole nitrogens is 2. The van der Waals surface area contributed by atoms with Gasteiger partial charge in [0.15, 0.2) is 0 Å². The molecule has 0 bridgehead atoms. The third-order valence-corrected chi connectivity index (χ3v) is 3.85. The van der Waals surface area contributed by atoms with E-state index in [2.05, 4.69) is 57.4 Å². The summed E-state index contributed by atoms with van der Waals surface area (Å²) in [6.07, 6.45) is 1.76. The number of hydrogen-bond acceptors (Lipinski definition) is 3. The largest absolute Gasteiger partial charge is 0.338 e. The summed E-state index contributed by atoms with van der Waals surface area (Å²) in [5.41, 5.74) is 6.38. The predicted molar refractivity (Wildman–Crippen MR) is 88.6 cm³/mol. The number of rotatable bonds is 2. The zero-order valence-electron chi connectivity index (χ0n) is 12.5. The number of aryl methyl sites for hydroxylation is 1. The average molecular weight is 299 g/mol. The van der Waals surface area contributed by atoms with Crippen LogP contribution in [0.4, 0.5) is 0 Å². The molecule has 2 N–H and O–H groups in total. The molecule has 4 rings (SSSR count). The van der Waals surface area contributed by atoms with E-state index in [0.29, 0.717) is 5.56 Å². The molecule has 0 saturated carbocycles. The highest BCUT2D eigenvalue weighted by Crippen LogP contribution is 2.30. The minimum absolute atomic E-state index is 0.610. The molecular weight excluding hydrogens is 286 g/mol. The fourth-order valence-electron chi connectivity index (χ4n) is 2.61. The maximum Gasteiger partial charge on any atom is 0.142 e. The first kappa shape index (κ1) is 13.3. The summed E-state index contributed by atoms with van der Waals surface area (Å²) in [6.45, 7) is 2.06. The second kappa shape index (κ2) is 5.11. The maximum absolute atomic E-state index is 9.00. The Bertz CT molecular complexity index is 1030. The van der Waals surface area contributed by atoms with E-state index in [1.165, 1.54) is 5.56 Å². The van der Waals surface area contributed by atoms with Crippen LogP contribution in [0.25, 0.3) is 33.7 Å². The Balaban J connectivity index is 1.84. The Kier molecular flexibility index (Phi) is 2.95. The van der Waals surface area contributed by atoms with Gasteiger partial charge in [-0.05, 0) is 25.1 Å². The molecule has 5 heteroatoms. The molecule has 23 heavy (non-hydrogen) atoms. The van der Waals surface area contributed by atoms with Crippen molar-refractivity contribution < 1.29 is 0 Å². The van der Waals surface area contributed by atoms with Gasteiger partial charge in [-0.1, -0.05) is 29.8 Å². The Morgan fingerprint density at radius 3 is 2.70 bits per heavy atom. The second-order valence-electron chi connectivity index (χ2n) is 5.45. The Labute approximate surface area is 132 Å². The summed E-state index contributed by atoms with van der Waals surface area (Å²) in [4.78, 5) is 7.88. The number of aromatic nitrogens is 4. The van der Waals surface area contributed by atoms with E-state index >= 15 is 0 Å². The molecule has 0 amide bonds. The van der Waals surface area contributed by atoms with E-state index in [-0.39, 0.29) is 0 Å². The van der Waals surface area contributed by atoms with Crippen LogP contribution in [0.1, 0.15) is 11.1 Å². The normalized spacial score (nSPS) is 10.8. The number of imidazole rings is 1. The molecule has 0 fully saturated rings. The van der Waals surface area contributed by atoms with E-state index < -0.39 is 0 Å². The third-order valence-electron chi connectivity index (χ3n) is 3.85. The molecular formula is C18H13N5. The predicted octanol–water partition coefficient (Wildman–Crippen LogP) is 3.80. The lowest BCUT2D eigenvalue weighted by Gasteiger charge is -2.01. The van der Waals surface area contributed by atoms with Crippen LogP contribution in [0.3, 0.4) is 0 Å². The highest BCUT2D eigenvalue weighted by Gasteiger charge is 2.13. The van der Waals surface area contributed by atoms with Crippen molar-refractivity contribution in [1.29, 1.82) is 5.26 Å². The van der Waals surface area contributed by atoms with E-state index in [1.54, 1.807) is 18.3 Å². The molecule has 0 spiro atoms. The Morgan fingerprint density at radius 2 is 1.91 bits per heavy atom. The van der Waals surface area contributed by atoms with Crippen molar-refractivity contribution in [3.05, 3.63) is 59.8 Å². The van der Waals surface area contributed by atoms with Crippen LogP contribution < -0.4 is 0 Å². The smallest absolute Gasteiger partial charge is 0.142 e. The third kappa shape index (κ3) is 2.27. The van der Waals surface area contributed by atoms with Crippen LogP contribution in [-0.2, 0) is 0 Å². The summed E-state index contributed by atoms with van der Waals surface area (Å²) < 4.78 is 0. The molecule has 0 aliphatic rings. The first-order valence-corrected chi connectivity index (χ1v) is 7.25. The molecule has 0 radical (unpaired) electrons.